The molecule has 0 fully saturated rings. The van der Waals surface area contributed by atoms with Gasteiger partial charge < -0.3 is 4.90 Å². The molecule has 0 saturated carbocycles. The van der Waals surface area contributed by atoms with Gasteiger partial charge in [-0.25, -0.2) is 4.98 Å². The lowest BCUT2D eigenvalue weighted by Gasteiger charge is -2.20. The van der Waals surface area contributed by atoms with Crippen molar-refractivity contribution < 1.29 is 13.2 Å². The number of rotatable bonds is 4. The minimum absolute atomic E-state index is 0.150. The molecule has 106 valence electrons. The van der Waals surface area contributed by atoms with Gasteiger partial charge in [-0.1, -0.05) is 18.7 Å². The molecule has 1 rings (SSSR count). The van der Waals surface area contributed by atoms with Crippen LogP contribution < -0.4 is 4.90 Å². The molecular weight excluding hydrogens is 267 g/mol. The van der Waals surface area contributed by atoms with Gasteiger partial charge in [0.05, 0.1) is 11.1 Å². The van der Waals surface area contributed by atoms with Crippen molar-refractivity contribution in [3.05, 3.63) is 47.7 Å². The smallest absolute Gasteiger partial charge is 0.355 e. The summed E-state index contributed by atoms with van der Waals surface area (Å²) in [6, 6.07) is 2.39. The summed E-state index contributed by atoms with van der Waals surface area (Å²) in [5, 5.41) is 8.71. The quantitative estimate of drug-likeness (QED) is 0.792. The molecule has 0 bridgehead atoms. The number of nitriles is 1. The van der Waals surface area contributed by atoms with Gasteiger partial charge in [0.1, 0.15) is 11.9 Å². The summed E-state index contributed by atoms with van der Waals surface area (Å²) in [4.78, 5) is 5.45. The highest BCUT2D eigenvalue weighted by Crippen LogP contribution is 2.33. The molecule has 0 unspecified atom stereocenters. The van der Waals surface area contributed by atoms with Gasteiger partial charge >= 0.3 is 6.18 Å². The van der Waals surface area contributed by atoms with E-state index >= 15 is 0 Å². The third kappa shape index (κ3) is 3.60. The highest BCUT2D eigenvalue weighted by atomic mass is 19.4. The molecule has 3 nitrogen and oxygen atoms in total. The second-order valence-corrected chi connectivity index (χ2v) is 4.12. The van der Waals surface area contributed by atoms with Gasteiger partial charge in [-0.3, -0.25) is 0 Å². The summed E-state index contributed by atoms with van der Waals surface area (Å²) >= 11 is 0. The summed E-state index contributed by atoms with van der Waals surface area (Å²) in [6.07, 6.45) is -0.189. The number of aromatic nitrogens is 1. The van der Waals surface area contributed by atoms with E-state index in [1.54, 1.807) is 18.0 Å². The topological polar surface area (TPSA) is 39.9 Å². The number of hydrogen-bond acceptors (Lipinski definition) is 3. The van der Waals surface area contributed by atoms with Gasteiger partial charge in [0.2, 0.25) is 0 Å². The second kappa shape index (κ2) is 6.24. The van der Waals surface area contributed by atoms with Gasteiger partial charge in [0, 0.05) is 19.8 Å². The van der Waals surface area contributed by atoms with Crippen LogP contribution in [-0.2, 0) is 6.18 Å². The van der Waals surface area contributed by atoms with Gasteiger partial charge in [-0.05, 0) is 18.6 Å². The number of pyridine rings is 1. The van der Waals surface area contributed by atoms with Crippen molar-refractivity contribution in [3.8, 4) is 6.07 Å². The largest absolute Gasteiger partial charge is 0.417 e. The van der Waals surface area contributed by atoms with Gasteiger partial charge in [0.15, 0.2) is 0 Å². The number of anilines is 1. The Bertz CT molecular complexity index is 568. The Morgan fingerprint density at radius 1 is 1.55 bits per heavy atom. The maximum absolute atomic E-state index is 12.8. The van der Waals surface area contributed by atoms with Crippen LogP contribution in [-0.4, -0.2) is 18.6 Å². The van der Waals surface area contributed by atoms with E-state index in [2.05, 4.69) is 11.6 Å². The molecule has 0 spiro atoms. The van der Waals surface area contributed by atoms with Crippen LogP contribution in [0.4, 0.5) is 19.0 Å². The van der Waals surface area contributed by atoms with E-state index < -0.39 is 17.3 Å². The summed E-state index contributed by atoms with van der Waals surface area (Å²) in [5.74, 6) is 0.150. The van der Waals surface area contributed by atoms with E-state index in [9.17, 15) is 13.2 Å². The van der Waals surface area contributed by atoms with Crippen LogP contribution in [0.3, 0.4) is 0 Å². The van der Waals surface area contributed by atoms with Crippen molar-refractivity contribution >= 4 is 5.82 Å². The lowest BCUT2D eigenvalue weighted by Crippen LogP contribution is -2.22. The van der Waals surface area contributed by atoms with Gasteiger partial charge in [-0.2, -0.15) is 18.4 Å². The highest BCUT2D eigenvalue weighted by molar-refractivity contribution is 5.49. The maximum atomic E-state index is 12.8. The molecule has 0 aliphatic heterocycles. The summed E-state index contributed by atoms with van der Waals surface area (Å²) < 4.78 is 38.5. The lowest BCUT2D eigenvalue weighted by molar-refractivity contribution is -0.137. The van der Waals surface area contributed by atoms with Crippen LogP contribution in [0.25, 0.3) is 0 Å². The van der Waals surface area contributed by atoms with E-state index in [0.717, 1.165) is 17.8 Å². The Morgan fingerprint density at radius 2 is 2.20 bits per heavy atom. The standard InChI is InChI=1S/C14H14F3N3/c1-4-10(5-2)9-20(3)13-6-12(14(15,16)17)11(7-18)8-19-13/h4-6,8H,1,9H2,2-3H3. The van der Waals surface area contributed by atoms with Gasteiger partial charge in [0.25, 0.3) is 0 Å². The molecule has 0 atom stereocenters. The predicted octanol–water partition coefficient (Wildman–Crippen LogP) is 3.54. The summed E-state index contributed by atoms with van der Waals surface area (Å²) in [6.45, 7) is 5.83. The molecule has 0 amide bonds. The van der Waals surface area contributed by atoms with Crippen LogP contribution >= 0.6 is 0 Å². The average molecular weight is 281 g/mol. The number of hydrogen-bond donors (Lipinski definition) is 0. The fourth-order valence-corrected chi connectivity index (χ4v) is 1.61. The van der Waals surface area contributed by atoms with Crippen molar-refractivity contribution in [2.45, 2.75) is 13.1 Å². The Balaban J connectivity index is 3.16. The van der Waals surface area contributed by atoms with Gasteiger partial charge in [-0.15, -0.1) is 0 Å². The van der Waals surface area contributed by atoms with E-state index in [1.165, 1.54) is 6.07 Å². The molecule has 0 aromatic carbocycles. The van der Waals surface area contributed by atoms with E-state index in [-0.39, 0.29) is 5.82 Å². The van der Waals surface area contributed by atoms with Crippen molar-refractivity contribution in [2.24, 2.45) is 0 Å². The molecule has 0 aliphatic rings. The number of allylic oxidation sites excluding steroid dienone is 1. The predicted molar refractivity (Wildman–Crippen MR) is 71.2 cm³/mol. The summed E-state index contributed by atoms with van der Waals surface area (Å²) in [5.41, 5.74) is -0.589. The zero-order chi connectivity index (χ0) is 15.3. The third-order valence-corrected chi connectivity index (χ3v) is 2.76. The Labute approximate surface area is 115 Å². The third-order valence-electron chi connectivity index (χ3n) is 2.76. The molecule has 1 aromatic rings. The number of nitrogens with zero attached hydrogens (tertiary/aromatic N) is 3. The first-order valence-corrected chi connectivity index (χ1v) is 5.79. The van der Waals surface area contributed by atoms with E-state index in [4.69, 9.17) is 5.26 Å². The molecule has 0 aliphatic carbocycles. The van der Waals surface area contributed by atoms with E-state index in [0.29, 0.717) is 6.54 Å². The zero-order valence-electron chi connectivity index (χ0n) is 11.2. The molecule has 20 heavy (non-hydrogen) atoms. The maximum Gasteiger partial charge on any atom is 0.417 e. The van der Waals surface area contributed by atoms with Crippen LogP contribution in [0, 0.1) is 11.3 Å². The van der Waals surface area contributed by atoms with Crippen LogP contribution in [0.1, 0.15) is 18.1 Å². The Hall–Kier alpha value is -2.29. The number of halogens is 3. The minimum atomic E-state index is -4.58. The van der Waals surface area contributed by atoms with Crippen LogP contribution in [0.2, 0.25) is 0 Å². The molecular formula is C14H14F3N3. The Kier molecular flexibility index (Phi) is 4.92. The molecule has 1 heterocycles. The highest BCUT2D eigenvalue weighted by Gasteiger charge is 2.34. The first-order chi connectivity index (χ1) is 9.33. The molecule has 0 radical (unpaired) electrons. The average Bonchev–Trinajstić information content (AvgIpc) is 2.42. The fourth-order valence-electron chi connectivity index (χ4n) is 1.61. The van der Waals surface area contributed by atoms with Crippen molar-refractivity contribution in [1.29, 1.82) is 5.26 Å². The second-order valence-electron chi connectivity index (χ2n) is 4.12. The summed E-state index contributed by atoms with van der Waals surface area (Å²) in [7, 11) is 1.63. The molecule has 6 heteroatoms. The van der Waals surface area contributed by atoms with E-state index in [1.807, 2.05) is 13.0 Å². The fraction of sp³-hybridized carbons (Fsp3) is 0.286. The monoisotopic (exact) mass is 281 g/mol. The first-order valence-electron chi connectivity index (χ1n) is 5.79. The Morgan fingerprint density at radius 3 is 2.65 bits per heavy atom. The lowest BCUT2D eigenvalue weighted by atomic mass is 10.1. The van der Waals surface area contributed by atoms with Crippen molar-refractivity contribution in [1.82, 2.24) is 4.98 Å². The van der Waals surface area contributed by atoms with Crippen molar-refractivity contribution in [3.63, 3.8) is 0 Å². The SMILES string of the molecule is C=CC(=CC)CN(C)c1cc(C(F)(F)F)c(C#N)cn1. The number of alkyl halides is 3. The molecule has 1 aromatic heterocycles. The number of likely N-dealkylation sites (N-methyl/N-ethyl adjacent to an activating group) is 1. The molecule has 0 saturated heterocycles. The first kappa shape index (κ1) is 15.8. The van der Waals surface area contributed by atoms with Crippen LogP contribution in [0.15, 0.2) is 36.6 Å². The van der Waals surface area contributed by atoms with Crippen LogP contribution in [0.5, 0.6) is 0 Å². The zero-order valence-corrected chi connectivity index (χ0v) is 11.2. The minimum Gasteiger partial charge on any atom is -0.355 e. The molecule has 0 N–H and O–H groups in total. The normalized spacial score (nSPS) is 11.9. The van der Waals surface area contributed by atoms with Crippen molar-refractivity contribution in [2.75, 3.05) is 18.5 Å².